The number of carbonyl (C=O) groups is 1. The van der Waals surface area contributed by atoms with Crippen LogP contribution in [-0.4, -0.2) is 21.9 Å². The Morgan fingerprint density at radius 3 is 2.71 bits per heavy atom. The number of hydrogen-bond donors (Lipinski definition) is 2. The van der Waals surface area contributed by atoms with E-state index >= 15 is 0 Å². The summed E-state index contributed by atoms with van der Waals surface area (Å²) in [6.45, 7) is 0. The van der Waals surface area contributed by atoms with E-state index in [1.54, 1.807) is 24.3 Å². The van der Waals surface area contributed by atoms with Crippen molar-refractivity contribution in [3.63, 3.8) is 0 Å². The number of amides is 1. The van der Waals surface area contributed by atoms with E-state index < -0.39 is 24.2 Å². The van der Waals surface area contributed by atoms with Crippen molar-refractivity contribution in [2.24, 2.45) is 0 Å². The van der Waals surface area contributed by atoms with Gasteiger partial charge in [-0.05, 0) is 48.9 Å². The van der Waals surface area contributed by atoms with E-state index in [1.807, 2.05) is 0 Å². The van der Waals surface area contributed by atoms with E-state index in [9.17, 15) is 23.2 Å². The molecule has 0 saturated heterocycles. The van der Waals surface area contributed by atoms with Crippen molar-refractivity contribution in [2.45, 2.75) is 50.4 Å². The Labute approximate surface area is 205 Å². The van der Waals surface area contributed by atoms with Crippen LogP contribution in [0.2, 0.25) is 0 Å². The molecule has 5 rings (SSSR count). The van der Waals surface area contributed by atoms with Crippen molar-refractivity contribution in [1.29, 1.82) is 5.26 Å². The maximum atomic E-state index is 13.9. The number of aromatic nitrogens is 2. The van der Waals surface area contributed by atoms with Crippen molar-refractivity contribution in [2.75, 3.05) is 10.6 Å². The smallest absolute Gasteiger partial charge is 0.363 e. The minimum atomic E-state index is -4.54. The van der Waals surface area contributed by atoms with Gasteiger partial charge in [0.25, 0.3) is 5.91 Å². The number of benzene rings is 1. The van der Waals surface area contributed by atoms with Crippen LogP contribution < -0.4 is 10.6 Å². The summed E-state index contributed by atoms with van der Waals surface area (Å²) >= 11 is 4.70. The standard InChI is InChI=1S/C23H19BrF3N5OS/c24-13-7-5-12(6-8-13)16-9-19(23(25,26)27)32-20(29-16)10-17(31-32)21(33)30-22-15(11-28)14-3-1-2-4-18(14)34-22/h5-8,10,16,19,29H,1-4,9H2,(H,30,33)/t16-,19-/m1/s1. The molecule has 3 heterocycles. The molecule has 2 aliphatic rings. The van der Waals surface area contributed by atoms with Crippen LogP contribution in [0.3, 0.4) is 0 Å². The first-order chi connectivity index (χ1) is 16.2. The van der Waals surface area contributed by atoms with E-state index in [1.165, 1.54) is 17.4 Å². The molecule has 11 heteroatoms. The molecule has 2 aromatic heterocycles. The molecule has 0 bridgehead atoms. The molecule has 1 amide bonds. The fourth-order valence-electron chi connectivity index (χ4n) is 4.54. The van der Waals surface area contributed by atoms with E-state index in [0.717, 1.165) is 45.3 Å². The first-order valence-electron chi connectivity index (χ1n) is 10.8. The molecule has 1 aliphatic carbocycles. The van der Waals surface area contributed by atoms with Crippen molar-refractivity contribution in [3.05, 3.63) is 62.1 Å². The van der Waals surface area contributed by atoms with E-state index in [0.29, 0.717) is 16.1 Å². The number of halogens is 4. The number of aryl methyl sites for hydroxylation is 1. The second-order valence-corrected chi connectivity index (χ2v) is 10.4. The lowest BCUT2D eigenvalue weighted by Crippen LogP contribution is -2.35. The Hall–Kier alpha value is -2.84. The van der Waals surface area contributed by atoms with E-state index in [-0.39, 0.29) is 17.9 Å². The van der Waals surface area contributed by atoms with Crippen LogP contribution >= 0.6 is 27.3 Å². The van der Waals surface area contributed by atoms with Gasteiger partial charge in [-0.1, -0.05) is 28.1 Å². The molecule has 0 radical (unpaired) electrons. The number of alkyl halides is 3. The van der Waals surface area contributed by atoms with E-state index in [2.05, 4.69) is 37.7 Å². The molecule has 2 atom stereocenters. The van der Waals surface area contributed by atoms with Crippen LogP contribution in [0.15, 0.2) is 34.8 Å². The maximum Gasteiger partial charge on any atom is 0.410 e. The Bertz CT molecular complexity index is 1290. The SMILES string of the molecule is N#Cc1c(NC(=O)c2cc3n(n2)[C@@H](C(F)(F)F)C[C@H](c2ccc(Br)cc2)N3)sc2c1CCCC2. The predicted molar refractivity (Wildman–Crippen MR) is 126 cm³/mol. The molecule has 34 heavy (non-hydrogen) atoms. The molecule has 0 fully saturated rings. The zero-order valence-corrected chi connectivity index (χ0v) is 20.1. The number of thiophene rings is 1. The summed E-state index contributed by atoms with van der Waals surface area (Å²) < 4.78 is 43.5. The van der Waals surface area contributed by atoms with Crippen molar-refractivity contribution < 1.29 is 18.0 Å². The lowest BCUT2D eigenvalue weighted by molar-refractivity contribution is -0.173. The van der Waals surface area contributed by atoms with Gasteiger partial charge in [0, 0.05) is 21.8 Å². The number of nitrogens with zero attached hydrogens (tertiary/aromatic N) is 3. The Balaban J connectivity index is 1.45. The van der Waals surface area contributed by atoms with Crippen LogP contribution in [0.1, 0.15) is 63.4 Å². The number of rotatable bonds is 3. The monoisotopic (exact) mass is 549 g/mol. The third-order valence-electron chi connectivity index (χ3n) is 6.21. The fraction of sp³-hybridized carbons (Fsp3) is 0.348. The van der Waals surface area contributed by atoms with Crippen LogP contribution in [0.4, 0.5) is 24.0 Å². The van der Waals surface area contributed by atoms with Gasteiger partial charge in [-0.2, -0.15) is 23.5 Å². The molecule has 0 saturated carbocycles. The van der Waals surface area contributed by atoms with Gasteiger partial charge in [-0.15, -0.1) is 11.3 Å². The molecule has 1 aliphatic heterocycles. The van der Waals surface area contributed by atoms with Gasteiger partial charge < -0.3 is 10.6 Å². The van der Waals surface area contributed by atoms with Crippen LogP contribution in [0.5, 0.6) is 0 Å². The van der Waals surface area contributed by atoms with E-state index in [4.69, 9.17) is 0 Å². The first-order valence-corrected chi connectivity index (χ1v) is 12.4. The molecule has 1 aromatic carbocycles. The summed E-state index contributed by atoms with van der Waals surface area (Å²) in [6, 6.07) is 8.11. The molecular formula is C23H19BrF3N5OS. The number of hydrogen-bond acceptors (Lipinski definition) is 5. The van der Waals surface area contributed by atoms with Gasteiger partial charge in [0.05, 0.1) is 11.6 Å². The largest absolute Gasteiger partial charge is 0.410 e. The zero-order chi connectivity index (χ0) is 24.0. The van der Waals surface area contributed by atoms with Gasteiger partial charge in [-0.3, -0.25) is 4.79 Å². The lowest BCUT2D eigenvalue weighted by Gasteiger charge is -2.33. The minimum absolute atomic E-state index is 0.123. The van der Waals surface area contributed by atoms with Crippen molar-refractivity contribution >= 4 is 44.0 Å². The summed E-state index contributed by atoms with van der Waals surface area (Å²) in [5.41, 5.74) is 1.98. The highest BCUT2D eigenvalue weighted by Gasteiger charge is 2.46. The highest BCUT2D eigenvalue weighted by atomic mass is 79.9. The second kappa shape index (κ2) is 8.74. The van der Waals surface area contributed by atoms with Gasteiger partial charge in [0.15, 0.2) is 11.7 Å². The molecule has 0 spiro atoms. The summed E-state index contributed by atoms with van der Waals surface area (Å²) in [7, 11) is 0. The first kappa shape index (κ1) is 22.9. The van der Waals surface area contributed by atoms with Crippen LogP contribution in [-0.2, 0) is 12.8 Å². The van der Waals surface area contributed by atoms with Crippen LogP contribution in [0.25, 0.3) is 0 Å². The van der Waals surface area contributed by atoms with Gasteiger partial charge in [0.1, 0.15) is 16.9 Å². The van der Waals surface area contributed by atoms with Gasteiger partial charge >= 0.3 is 6.18 Å². The van der Waals surface area contributed by atoms with Gasteiger partial charge in [-0.25, -0.2) is 4.68 Å². The highest BCUT2D eigenvalue weighted by Crippen LogP contribution is 2.44. The average molecular weight is 550 g/mol. The quantitative estimate of drug-likeness (QED) is 0.397. The third kappa shape index (κ3) is 4.20. The topological polar surface area (TPSA) is 82.7 Å². The third-order valence-corrected chi connectivity index (χ3v) is 7.94. The normalized spacial score (nSPS) is 19.5. The molecule has 0 unspecified atom stereocenters. The maximum absolute atomic E-state index is 13.9. The zero-order valence-electron chi connectivity index (χ0n) is 17.7. The molecule has 2 N–H and O–H groups in total. The Kier molecular flexibility index (Phi) is 5.90. The molecule has 176 valence electrons. The Morgan fingerprint density at radius 2 is 2.00 bits per heavy atom. The predicted octanol–water partition coefficient (Wildman–Crippen LogP) is 6.37. The van der Waals surface area contributed by atoms with Crippen molar-refractivity contribution in [3.8, 4) is 6.07 Å². The molecule has 6 nitrogen and oxygen atoms in total. The van der Waals surface area contributed by atoms with Crippen LogP contribution in [0, 0.1) is 11.3 Å². The lowest BCUT2D eigenvalue weighted by atomic mass is 9.96. The summed E-state index contributed by atoms with van der Waals surface area (Å²) in [5, 5.41) is 19.9. The summed E-state index contributed by atoms with van der Waals surface area (Å²) in [6.07, 6.45) is -1.12. The number of carbonyl (C=O) groups excluding carboxylic acids is 1. The molecule has 3 aromatic rings. The fourth-order valence-corrected chi connectivity index (χ4v) is 6.04. The highest BCUT2D eigenvalue weighted by molar-refractivity contribution is 9.10. The minimum Gasteiger partial charge on any atom is -0.363 e. The number of fused-ring (bicyclic) bond motifs is 2. The van der Waals surface area contributed by atoms with Gasteiger partial charge in [0.2, 0.25) is 0 Å². The van der Waals surface area contributed by atoms with Crippen molar-refractivity contribution in [1.82, 2.24) is 9.78 Å². The second-order valence-electron chi connectivity index (χ2n) is 8.38. The Morgan fingerprint density at radius 1 is 1.26 bits per heavy atom. The number of anilines is 2. The molecular weight excluding hydrogens is 531 g/mol. The number of nitriles is 1. The average Bonchev–Trinajstić information content (AvgIpc) is 3.39. The summed E-state index contributed by atoms with van der Waals surface area (Å²) in [5.74, 6) is -0.516. The number of nitrogens with one attached hydrogen (secondary N) is 2. The summed E-state index contributed by atoms with van der Waals surface area (Å²) in [4.78, 5) is 14.0.